The Hall–Kier alpha value is -4.73. The molecule has 0 aliphatic rings. The van der Waals surface area contributed by atoms with E-state index in [0.29, 0.717) is 35.7 Å². The van der Waals surface area contributed by atoms with Crippen LogP contribution < -0.4 is 9.47 Å². The van der Waals surface area contributed by atoms with Crippen LogP contribution in [0.3, 0.4) is 0 Å². The van der Waals surface area contributed by atoms with Crippen LogP contribution in [0.15, 0.2) is 78.5 Å². The molecule has 0 bridgehead atoms. The van der Waals surface area contributed by atoms with E-state index in [1.807, 2.05) is 13.0 Å². The Labute approximate surface area is 207 Å². The van der Waals surface area contributed by atoms with E-state index in [-0.39, 0.29) is 24.6 Å². The van der Waals surface area contributed by atoms with Crippen LogP contribution in [0.25, 0.3) is 0 Å². The van der Waals surface area contributed by atoms with Crippen LogP contribution in [0.2, 0.25) is 0 Å². The minimum atomic E-state index is -0.464. The summed E-state index contributed by atoms with van der Waals surface area (Å²) in [5.41, 5.74) is 2.92. The van der Waals surface area contributed by atoms with E-state index in [0.717, 1.165) is 11.1 Å². The van der Waals surface area contributed by atoms with Crippen LogP contribution in [-0.2, 0) is 24.5 Å². The number of ether oxygens (including phenoxy) is 2. The molecule has 36 heavy (non-hydrogen) atoms. The standard InChI is InChI=1S/C26H25N3O7/c1-3-6-22-13-21(16-27-36-18-20-7-5-8-24(14-20)29(32)33)15-25(34-4-2)26(22)35-17-19-9-11-23(12-10-19)28(30)31/h3,5,7-16H,1,4,6,17-18H2,2H3/b27-16-. The first-order valence-electron chi connectivity index (χ1n) is 11.1. The van der Waals surface area contributed by atoms with Crippen LogP contribution in [0.1, 0.15) is 29.2 Å². The molecule has 0 aliphatic carbocycles. The number of nitrogens with zero attached hydrogens (tertiary/aromatic N) is 3. The molecule has 10 heteroatoms. The maximum Gasteiger partial charge on any atom is 0.269 e. The molecule has 0 spiro atoms. The minimum Gasteiger partial charge on any atom is -0.490 e. The van der Waals surface area contributed by atoms with E-state index in [4.69, 9.17) is 14.3 Å². The Kier molecular flexibility index (Phi) is 9.10. The summed E-state index contributed by atoms with van der Waals surface area (Å²) in [4.78, 5) is 26.2. The minimum absolute atomic E-state index is 0.0115. The molecule has 0 heterocycles. The number of nitro benzene ring substituents is 2. The zero-order valence-electron chi connectivity index (χ0n) is 19.7. The molecule has 186 valence electrons. The molecule has 10 nitrogen and oxygen atoms in total. The average molecular weight is 492 g/mol. The summed E-state index contributed by atoms with van der Waals surface area (Å²) >= 11 is 0. The van der Waals surface area contributed by atoms with E-state index in [1.54, 1.807) is 36.4 Å². The highest BCUT2D eigenvalue weighted by Gasteiger charge is 2.14. The summed E-state index contributed by atoms with van der Waals surface area (Å²) in [6.45, 7) is 6.35. The summed E-state index contributed by atoms with van der Waals surface area (Å²) < 4.78 is 11.9. The van der Waals surface area contributed by atoms with Crippen LogP contribution in [0, 0.1) is 20.2 Å². The van der Waals surface area contributed by atoms with Gasteiger partial charge in [0, 0.05) is 35.4 Å². The van der Waals surface area contributed by atoms with E-state index in [9.17, 15) is 20.2 Å². The smallest absolute Gasteiger partial charge is 0.269 e. The molecule has 0 aliphatic heterocycles. The van der Waals surface area contributed by atoms with Crippen molar-refractivity contribution in [2.75, 3.05) is 6.61 Å². The molecule has 3 aromatic carbocycles. The van der Waals surface area contributed by atoms with Gasteiger partial charge < -0.3 is 14.3 Å². The normalized spacial score (nSPS) is 10.7. The number of hydrogen-bond donors (Lipinski definition) is 0. The van der Waals surface area contributed by atoms with Crippen molar-refractivity contribution in [1.29, 1.82) is 0 Å². The van der Waals surface area contributed by atoms with E-state index >= 15 is 0 Å². The van der Waals surface area contributed by atoms with Gasteiger partial charge >= 0.3 is 0 Å². The van der Waals surface area contributed by atoms with E-state index in [1.165, 1.54) is 30.5 Å². The van der Waals surface area contributed by atoms with Crippen LogP contribution in [0.4, 0.5) is 11.4 Å². The molecule has 0 unspecified atom stereocenters. The highest BCUT2D eigenvalue weighted by molar-refractivity contribution is 5.81. The fourth-order valence-corrected chi connectivity index (χ4v) is 3.33. The number of non-ortho nitro benzene ring substituents is 2. The average Bonchev–Trinajstić information content (AvgIpc) is 2.87. The van der Waals surface area contributed by atoms with Crippen molar-refractivity contribution in [3.63, 3.8) is 0 Å². The molecule has 0 fully saturated rings. The monoisotopic (exact) mass is 491 g/mol. The third-order valence-corrected chi connectivity index (χ3v) is 4.98. The van der Waals surface area contributed by atoms with Gasteiger partial charge in [0.05, 0.1) is 22.7 Å². The number of nitro groups is 2. The van der Waals surface area contributed by atoms with E-state index in [2.05, 4.69) is 11.7 Å². The Morgan fingerprint density at radius 3 is 2.33 bits per heavy atom. The third-order valence-electron chi connectivity index (χ3n) is 4.98. The molecular formula is C26H25N3O7. The molecule has 0 aromatic heterocycles. The molecule has 0 radical (unpaired) electrons. The van der Waals surface area contributed by atoms with Crippen molar-refractivity contribution in [3.05, 3.63) is 116 Å². The second-order valence-corrected chi connectivity index (χ2v) is 7.58. The largest absolute Gasteiger partial charge is 0.490 e. The lowest BCUT2D eigenvalue weighted by atomic mass is 10.1. The molecule has 0 atom stereocenters. The molecule has 0 amide bonds. The number of rotatable bonds is 13. The summed E-state index contributed by atoms with van der Waals surface area (Å²) in [6, 6.07) is 15.9. The van der Waals surface area contributed by atoms with Crippen molar-refractivity contribution >= 4 is 17.6 Å². The van der Waals surface area contributed by atoms with Crippen molar-refractivity contribution in [1.82, 2.24) is 0 Å². The Balaban J connectivity index is 1.75. The van der Waals surface area contributed by atoms with E-state index < -0.39 is 9.85 Å². The van der Waals surface area contributed by atoms with Crippen molar-refractivity contribution in [3.8, 4) is 11.5 Å². The van der Waals surface area contributed by atoms with Gasteiger partial charge in [0.15, 0.2) is 11.5 Å². The van der Waals surface area contributed by atoms with Gasteiger partial charge in [-0.1, -0.05) is 23.4 Å². The van der Waals surface area contributed by atoms with Gasteiger partial charge in [0.1, 0.15) is 13.2 Å². The van der Waals surface area contributed by atoms with Gasteiger partial charge in [-0.3, -0.25) is 20.2 Å². The molecular weight excluding hydrogens is 466 g/mol. The van der Waals surface area contributed by atoms with Crippen molar-refractivity contribution in [2.45, 2.75) is 26.6 Å². The number of benzene rings is 3. The maximum absolute atomic E-state index is 10.9. The summed E-state index contributed by atoms with van der Waals surface area (Å²) in [5, 5.41) is 25.8. The topological polar surface area (TPSA) is 126 Å². The fraction of sp³-hybridized carbons (Fsp3) is 0.192. The first-order valence-corrected chi connectivity index (χ1v) is 11.1. The number of allylic oxidation sites excluding steroid dienone is 1. The summed E-state index contributed by atoms with van der Waals surface area (Å²) in [6.07, 6.45) is 3.77. The molecule has 0 saturated carbocycles. The predicted molar refractivity (Wildman–Crippen MR) is 134 cm³/mol. The number of oxime groups is 1. The van der Waals surface area contributed by atoms with Crippen LogP contribution >= 0.6 is 0 Å². The van der Waals surface area contributed by atoms with Gasteiger partial charge in [0.2, 0.25) is 0 Å². The summed E-state index contributed by atoms with van der Waals surface area (Å²) in [7, 11) is 0. The third kappa shape index (κ3) is 7.13. The highest BCUT2D eigenvalue weighted by atomic mass is 16.6. The number of hydrogen-bond acceptors (Lipinski definition) is 8. The van der Waals surface area contributed by atoms with Crippen LogP contribution in [-0.4, -0.2) is 22.7 Å². The second kappa shape index (κ2) is 12.7. The highest BCUT2D eigenvalue weighted by Crippen LogP contribution is 2.34. The van der Waals surface area contributed by atoms with Gasteiger partial charge in [0.25, 0.3) is 11.4 Å². The van der Waals surface area contributed by atoms with Gasteiger partial charge in [-0.05, 0) is 48.7 Å². The van der Waals surface area contributed by atoms with Gasteiger partial charge in [-0.15, -0.1) is 6.58 Å². The fourth-order valence-electron chi connectivity index (χ4n) is 3.33. The quantitative estimate of drug-likeness (QED) is 0.129. The lowest BCUT2D eigenvalue weighted by Crippen LogP contribution is -2.04. The SMILES string of the molecule is C=CCc1cc(/C=N\OCc2cccc([N+](=O)[O-])c2)cc(OCC)c1OCc1ccc([N+](=O)[O-])cc1. The molecule has 3 rings (SSSR count). The molecule has 0 saturated heterocycles. The van der Waals surface area contributed by atoms with Gasteiger partial charge in [-0.25, -0.2) is 0 Å². The Morgan fingerprint density at radius 2 is 1.67 bits per heavy atom. The Bertz CT molecular complexity index is 1260. The van der Waals surface area contributed by atoms with Gasteiger partial charge in [-0.2, -0.15) is 0 Å². The zero-order valence-corrected chi connectivity index (χ0v) is 19.7. The maximum atomic E-state index is 10.9. The first kappa shape index (κ1) is 25.9. The second-order valence-electron chi connectivity index (χ2n) is 7.58. The Morgan fingerprint density at radius 1 is 0.917 bits per heavy atom. The van der Waals surface area contributed by atoms with Crippen molar-refractivity contribution in [2.24, 2.45) is 5.16 Å². The zero-order chi connectivity index (χ0) is 25.9. The summed E-state index contributed by atoms with van der Waals surface area (Å²) in [5.74, 6) is 1.06. The van der Waals surface area contributed by atoms with Crippen molar-refractivity contribution < 1.29 is 24.2 Å². The molecule has 3 aromatic rings. The first-order chi connectivity index (χ1) is 17.4. The lowest BCUT2D eigenvalue weighted by Gasteiger charge is -2.16. The molecule has 0 N–H and O–H groups in total. The lowest BCUT2D eigenvalue weighted by molar-refractivity contribution is -0.385. The van der Waals surface area contributed by atoms with Crippen LogP contribution in [0.5, 0.6) is 11.5 Å². The predicted octanol–water partition coefficient (Wildman–Crippen LogP) is 5.76.